The van der Waals surface area contributed by atoms with Gasteiger partial charge in [-0.15, -0.1) is 0 Å². The maximum atomic E-state index is 5.57. The maximum absolute atomic E-state index is 5.57. The van der Waals surface area contributed by atoms with E-state index in [-0.39, 0.29) is 0 Å². The third-order valence-electron chi connectivity index (χ3n) is 3.06. The van der Waals surface area contributed by atoms with Crippen LogP contribution in [0, 0.1) is 0 Å². The van der Waals surface area contributed by atoms with Crippen LogP contribution in [0.15, 0.2) is 48.5 Å². The second-order valence-electron chi connectivity index (χ2n) is 4.80. The molecule has 0 bridgehead atoms. The molecule has 0 aromatic heterocycles. The van der Waals surface area contributed by atoms with E-state index in [4.69, 9.17) is 9.47 Å². The van der Waals surface area contributed by atoms with Crippen molar-refractivity contribution >= 4 is 5.69 Å². The van der Waals surface area contributed by atoms with Crippen LogP contribution in [0.5, 0.6) is 11.5 Å². The molecule has 3 nitrogen and oxygen atoms in total. The van der Waals surface area contributed by atoms with Gasteiger partial charge in [0.1, 0.15) is 11.5 Å². The summed E-state index contributed by atoms with van der Waals surface area (Å²) in [6, 6.07) is 16.2. The van der Waals surface area contributed by atoms with Crippen LogP contribution in [0.2, 0.25) is 0 Å². The molecule has 2 rings (SSSR count). The molecular formula is C18H23NO2. The van der Waals surface area contributed by atoms with Crippen molar-refractivity contribution in [2.45, 2.75) is 26.8 Å². The summed E-state index contributed by atoms with van der Waals surface area (Å²) in [5, 5.41) is 3.40. The van der Waals surface area contributed by atoms with Gasteiger partial charge in [0.05, 0.1) is 13.2 Å². The first-order valence-corrected chi connectivity index (χ1v) is 7.50. The van der Waals surface area contributed by atoms with Crippen molar-refractivity contribution < 1.29 is 9.47 Å². The summed E-state index contributed by atoms with van der Waals surface area (Å²) < 4.78 is 11.0. The number of hydrogen-bond donors (Lipinski definition) is 1. The number of benzene rings is 2. The molecule has 2 aromatic rings. The second kappa shape index (κ2) is 8.20. The highest BCUT2D eigenvalue weighted by Crippen LogP contribution is 2.17. The van der Waals surface area contributed by atoms with E-state index in [1.807, 2.05) is 43.3 Å². The van der Waals surface area contributed by atoms with E-state index in [1.54, 1.807) is 0 Å². The van der Waals surface area contributed by atoms with Crippen LogP contribution in [-0.4, -0.2) is 13.2 Å². The lowest BCUT2D eigenvalue weighted by atomic mass is 10.2. The highest BCUT2D eigenvalue weighted by molar-refractivity contribution is 5.47. The minimum Gasteiger partial charge on any atom is -0.494 e. The first-order chi connectivity index (χ1) is 10.3. The summed E-state index contributed by atoms with van der Waals surface area (Å²) in [7, 11) is 0. The third-order valence-corrected chi connectivity index (χ3v) is 3.06. The average molecular weight is 285 g/mol. The summed E-state index contributed by atoms with van der Waals surface area (Å²) in [6.07, 6.45) is 1.03. The largest absolute Gasteiger partial charge is 0.494 e. The fraction of sp³-hybridized carbons (Fsp3) is 0.333. The zero-order valence-corrected chi connectivity index (χ0v) is 12.8. The Hall–Kier alpha value is -2.16. The number of nitrogens with one attached hydrogen (secondary N) is 1. The number of hydrogen-bond acceptors (Lipinski definition) is 3. The van der Waals surface area contributed by atoms with Gasteiger partial charge in [0.2, 0.25) is 0 Å². The van der Waals surface area contributed by atoms with Crippen LogP contribution in [0.4, 0.5) is 5.69 Å². The molecule has 0 aliphatic rings. The molecule has 1 N–H and O–H groups in total. The standard InChI is InChI=1S/C18H23NO2/c1-3-13-21-18-11-7-16(8-12-18)19-14-15-5-9-17(10-6-15)20-4-2/h5-12,19H,3-4,13-14H2,1-2H3. The predicted molar refractivity (Wildman–Crippen MR) is 87.2 cm³/mol. The Balaban J connectivity index is 1.84. The predicted octanol–water partition coefficient (Wildman–Crippen LogP) is 4.49. The molecule has 0 aliphatic carbocycles. The van der Waals surface area contributed by atoms with Gasteiger partial charge in [0, 0.05) is 12.2 Å². The third kappa shape index (κ3) is 5.03. The van der Waals surface area contributed by atoms with Crippen molar-refractivity contribution in [3.05, 3.63) is 54.1 Å². The smallest absolute Gasteiger partial charge is 0.119 e. The SMILES string of the molecule is CCCOc1ccc(NCc2ccc(OCC)cc2)cc1. The number of ether oxygens (including phenoxy) is 2. The number of rotatable bonds is 8. The van der Waals surface area contributed by atoms with E-state index in [0.29, 0.717) is 6.61 Å². The van der Waals surface area contributed by atoms with Crippen LogP contribution < -0.4 is 14.8 Å². The van der Waals surface area contributed by atoms with Gasteiger partial charge >= 0.3 is 0 Å². The van der Waals surface area contributed by atoms with E-state index in [9.17, 15) is 0 Å². The Morgan fingerprint density at radius 1 is 0.810 bits per heavy atom. The lowest BCUT2D eigenvalue weighted by molar-refractivity contribution is 0.317. The summed E-state index contributed by atoms with van der Waals surface area (Å²) in [5.74, 6) is 1.84. The Morgan fingerprint density at radius 3 is 2.05 bits per heavy atom. The van der Waals surface area contributed by atoms with Gasteiger partial charge in [-0.05, 0) is 55.3 Å². The molecule has 0 spiro atoms. The zero-order chi connectivity index (χ0) is 14.9. The molecule has 112 valence electrons. The fourth-order valence-corrected chi connectivity index (χ4v) is 1.96. The molecule has 2 aromatic carbocycles. The van der Waals surface area contributed by atoms with E-state index in [0.717, 1.165) is 36.8 Å². The van der Waals surface area contributed by atoms with Crippen LogP contribution in [0.3, 0.4) is 0 Å². The highest BCUT2D eigenvalue weighted by Gasteiger charge is 1.97. The van der Waals surface area contributed by atoms with Crippen molar-refractivity contribution in [1.82, 2.24) is 0 Å². The van der Waals surface area contributed by atoms with E-state index >= 15 is 0 Å². The average Bonchev–Trinajstić information content (AvgIpc) is 2.53. The minimum absolute atomic E-state index is 0.698. The summed E-state index contributed by atoms with van der Waals surface area (Å²) in [5.41, 5.74) is 2.32. The molecule has 0 unspecified atom stereocenters. The molecule has 0 saturated heterocycles. The topological polar surface area (TPSA) is 30.5 Å². The molecule has 0 aliphatic heterocycles. The van der Waals surface area contributed by atoms with Crippen LogP contribution >= 0.6 is 0 Å². The number of anilines is 1. The van der Waals surface area contributed by atoms with Gasteiger partial charge in [-0.3, -0.25) is 0 Å². The first-order valence-electron chi connectivity index (χ1n) is 7.50. The molecule has 0 saturated carbocycles. The molecule has 0 atom stereocenters. The quantitative estimate of drug-likeness (QED) is 0.775. The van der Waals surface area contributed by atoms with Crippen molar-refractivity contribution in [3.63, 3.8) is 0 Å². The molecule has 21 heavy (non-hydrogen) atoms. The normalized spacial score (nSPS) is 10.2. The van der Waals surface area contributed by atoms with Gasteiger partial charge < -0.3 is 14.8 Å². The van der Waals surface area contributed by atoms with Gasteiger partial charge in [0.25, 0.3) is 0 Å². The van der Waals surface area contributed by atoms with Gasteiger partial charge in [-0.1, -0.05) is 19.1 Å². The Kier molecular flexibility index (Phi) is 5.95. The van der Waals surface area contributed by atoms with Crippen molar-refractivity contribution in [2.24, 2.45) is 0 Å². The Labute approximate surface area is 126 Å². The van der Waals surface area contributed by atoms with Gasteiger partial charge in [-0.2, -0.15) is 0 Å². The highest BCUT2D eigenvalue weighted by atomic mass is 16.5. The lowest BCUT2D eigenvalue weighted by Crippen LogP contribution is -2.00. The Bertz CT molecular complexity index is 520. The molecule has 0 radical (unpaired) electrons. The maximum Gasteiger partial charge on any atom is 0.119 e. The molecular weight excluding hydrogens is 262 g/mol. The monoisotopic (exact) mass is 285 g/mol. The van der Waals surface area contributed by atoms with Crippen LogP contribution in [-0.2, 0) is 6.54 Å². The van der Waals surface area contributed by atoms with Crippen LogP contribution in [0.1, 0.15) is 25.8 Å². The summed E-state index contributed by atoms with van der Waals surface area (Å²) >= 11 is 0. The van der Waals surface area contributed by atoms with E-state index in [1.165, 1.54) is 5.56 Å². The second-order valence-corrected chi connectivity index (χ2v) is 4.80. The Morgan fingerprint density at radius 2 is 1.43 bits per heavy atom. The molecule has 3 heteroatoms. The zero-order valence-electron chi connectivity index (χ0n) is 12.8. The minimum atomic E-state index is 0.698. The molecule has 0 heterocycles. The van der Waals surface area contributed by atoms with Crippen LogP contribution in [0.25, 0.3) is 0 Å². The molecule has 0 amide bonds. The first kappa shape index (κ1) is 15.2. The van der Waals surface area contributed by atoms with Gasteiger partial charge in [-0.25, -0.2) is 0 Å². The summed E-state index contributed by atoms with van der Waals surface area (Å²) in [6.45, 7) is 6.35. The molecule has 0 fully saturated rings. The van der Waals surface area contributed by atoms with E-state index in [2.05, 4.69) is 24.4 Å². The fourth-order valence-electron chi connectivity index (χ4n) is 1.96. The van der Waals surface area contributed by atoms with Crippen molar-refractivity contribution in [2.75, 3.05) is 18.5 Å². The summed E-state index contributed by atoms with van der Waals surface area (Å²) in [4.78, 5) is 0. The van der Waals surface area contributed by atoms with Crippen molar-refractivity contribution in [1.29, 1.82) is 0 Å². The van der Waals surface area contributed by atoms with Gasteiger partial charge in [0.15, 0.2) is 0 Å². The lowest BCUT2D eigenvalue weighted by Gasteiger charge is -2.09. The van der Waals surface area contributed by atoms with E-state index < -0.39 is 0 Å². The van der Waals surface area contributed by atoms with Crippen molar-refractivity contribution in [3.8, 4) is 11.5 Å².